The molecule has 1 aromatic heterocycles. The van der Waals surface area contributed by atoms with Gasteiger partial charge in [-0.15, -0.1) is 0 Å². The van der Waals surface area contributed by atoms with Crippen molar-refractivity contribution in [2.45, 2.75) is 24.7 Å². The highest BCUT2D eigenvalue weighted by molar-refractivity contribution is 5.91. The molecule has 1 saturated carbocycles. The van der Waals surface area contributed by atoms with Crippen molar-refractivity contribution in [2.24, 2.45) is 0 Å². The zero-order valence-corrected chi connectivity index (χ0v) is 18.5. The van der Waals surface area contributed by atoms with Crippen LogP contribution in [0.1, 0.15) is 24.1 Å². The first-order valence-corrected chi connectivity index (χ1v) is 11.4. The molecular weight excluding hydrogens is 402 g/mol. The fourth-order valence-electron chi connectivity index (χ4n) is 4.53. The monoisotopic (exact) mass is 431 g/mol. The molecular formula is C26H29N3O3. The summed E-state index contributed by atoms with van der Waals surface area (Å²) in [5.74, 6) is 1.64. The maximum Gasteiger partial charge on any atom is 0.235 e. The number of methoxy groups -OCH3 is 1. The van der Waals surface area contributed by atoms with Gasteiger partial charge in [0.25, 0.3) is 0 Å². The lowest BCUT2D eigenvalue weighted by Crippen LogP contribution is -2.51. The van der Waals surface area contributed by atoms with E-state index in [1.165, 1.54) is 5.56 Å². The van der Waals surface area contributed by atoms with E-state index >= 15 is 0 Å². The van der Waals surface area contributed by atoms with Crippen molar-refractivity contribution in [3.8, 4) is 17.1 Å². The molecule has 0 atom stereocenters. The second-order valence-corrected chi connectivity index (χ2v) is 8.76. The van der Waals surface area contributed by atoms with E-state index in [9.17, 15) is 4.79 Å². The van der Waals surface area contributed by atoms with E-state index in [1.54, 1.807) is 7.11 Å². The number of hydrogen-bond donors (Lipinski definition) is 0. The number of amides is 1. The van der Waals surface area contributed by atoms with Gasteiger partial charge in [0, 0.05) is 44.4 Å². The molecule has 1 aliphatic carbocycles. The summed E-state index contributed by atoms with van der Waals surface area (Å²) in [6, 6.07) is 20.2. The summed E-state index contributed by atoms with van der Waals surface area (Å²) < 4.78 is 10.9. The molecule has 0 radical (unpaired) electrons. The first-order valence-electron chi connectivity index (χ1n) is 11.4. The molecule has 0 spiro atoms. The summed E-state index contributed by atoms with van der Waals surface area (Å²) in [6.07, 6.45) is 2.72. The Labute approximate surface area is 188 Å². The smallest absolute Gasteiger partial charge is 0.235 e. The van der Waals surface area contributed by atoms with Crippen LogP contribution in [0.15, 0.2) is 65.2 Å². The van der Waals surface area contributed by atoms with Gasteiger partial charge in [0.1, 0.15) is 5.75 Å². The van der Waals surface area contributed by atoms with E-state index in [-0.39, 0.29) is 5.91 Å². The van der Waals surface area contributed by atoms with Crippen molar-refractivity contribution in [1.82, 2.24) is 15.0 Å². The van der Waals surface area contributed by atoms with E-state index in [4.69, 9.17) is 9.26 Å². The number of hydrogen-bond acceptors (Lipinski definition) is 5. The third kappa shape index (κ3) is 4.15. The van der Waals surface area contributed by atoms with Crippen LogP contribution in [0.3, 0.4) is 0 Å². The zero-order chi connectivity index (χ0) is 22.0. The van der Waals surface area contributed by atoms with Crippen LogP contribution >= 0.6 is 0 Å². The number of ether oxygens (including phenoxy) is 1. The van der Waals surface area contributed by atoms with Gasteiger partial charge in [0.2, 0.25) is 5.91 Å². The van der Waals surface area contributed by atoms with Crippen LogP contribution in [0.4, 0.5) is 0 Å². The minimum absolute atomic E-state index is 0.200. The number of rotatable bonds is 7. The Kier molecular flexibility index (Phi) is 5.70. The summed E-state index contributed by atoms with van der Waals surface area (Å²) in [5.41, 5.74) is 2.51. The molecule has 6 heteroatoms. The predicted octanol–water partition coefficient (Wildman–Crippen LogP) is 3.77. The van der Waals surface area contributed by atoms with Gasteiger partial charge in [-0.25, -0.2) is 0 Å². The fourth-order valence-corrected chi connectivity index (χ4v) is 4.53. The summed E-state index contributed by atoms with van der Waals surface area (Å²) in [6.45, 7) is 4.42. The van der Waals surface area contributed by atoms with E-state index in [2.05, 4.69) is 40.4 Å². The third-order valence-electron chi connectivity index (χ3n) is 6.73. The first kappa shape index (κ1) is 20.8. The lowest BCUT2D eigenvalue weighted by molar-refractivity contribution is -0.135. The van der Waals surface area contributed by atoms with E-state index < -0.39 is 5.41 Å². The maximum atomic E-state index is 13.4. The second-order valence-electron chi connectivity index (χ2n) is 8.76. The number of piperazine rings is 1. The SMILES string of the molecule is COc1cccc(-c2cc(C3(C(=O)N4CCN(CCc5ccccc5)CC4)CC3)no2)c1. The number of aromatic nitrogens is 1. The van der Waals surface area contributed by atoms with Gasteiger partial charge < -0.3 is 14.2 Å². The zero-order valence-electron chi connectivity index (χ0n) is 18.5. The molecule has 0 bridgehead atoms. The van der Waals surface area contributed by atoms with Gasteiger partial charge in [-0.1, -0.05) is 47.6 Å². The fraction of sp³-hybridized carbons (Fsp3) is 0.385. The van der Waals surface area contributed by atoms with E-state index in [0.29, 0.717) is 5.76 Å². The summed E-state index contributed by atoms with van der Waals surface area (Å²) in [7, 11) is 1.64. The second kappa shape index (κ2) is 8.79. The van der Waals surface area contributed by atoms with Gasteiger partial charge >= 0.3 is 0 Å². The van der Waals surface area contributed by atoms with Crippen molar-refractivity contribution < 1.29 is 14.1 Å². The molecule has 1 amide bonds. The molecule has 2 heterocycles. The normalized spacial score (nSPS) is 17.8. The topological polar surface area (TPSA) is 58.8 Å². The third-order valence-corrected chi connectivity index (χ3v) is 6.73. The quantitative estimate of drug-likeness (QED) is 0.570. The van der Waals surface area contributed by atoms with Crippen LogP contribution in [0, 0.1) is 0 Å². The molecule has 32 heavy (non-hydrogen) atoms. The molecule has 166 valence electrons. The summed E-state index contributed by atoms with van der Waals surface area (Å²) in [4.78, 5) is 17.9. The standard InChI is InChI=1S/C26H29N3O3/c1-31-22-9-5-8-21(18-22)23-19-24(27-32-23)26(11-12-26)25(30)29-16-14-28(15-17-29)13-10-20-6-3-2-4-7-20/h2-9,18-19H,10-17H2,1H3. The Morgan fingerprint density at radius 3 is 2.53 bits per heavy atom. The van der Waals surface area contributed by atoms with Crippen molar-refractivity contribution in [2.75, 3.05) is 39.8 Å². The minimum atomic E-state index is -0.507. The lowest BCUT2D eigenvalue weighted by atomic mass is 9.99. The molecule has 1 saturated heterocycles. The Hall–Kier alpha value is -3.12. The highest BCUT2D eigenvalue weighted by Crippen LogP contribution is 2.50. The largest absolute Gasteiger partial charge is 0.497 e. The molecule has 1 aliphatic heterocycles. The van der Waals surface area contributed by atoms with Crippen molar-refractivity contribution in [1.29, 1.82) is 0 Å². The molecule has 0 unspecified atom stereocenters. The first-order chi connectivity index (χ1) is 15.7. The Morgan fingerprint density at radius 2 is 1.81 bits per heavy atom. The summed E-state index contributed by atoms with van der Waals surface area (Å²) >= 11 is 0. The molecule has 0 N–H and O–H groups in total. The number of benzene rings is 2. The van der Waals surface area contributed by atoms with Gasteiger partial charge in [-0.2, -0.15) is 0 Å². The van der Waals surface area contributed by atoms with Gasteiger partial charge in [-0.05, 0) is 37.0 Å². The molecule has 2 aromatic carbocycles. The summed E-state index contributed by atoms with van der Waals surface area (Å²) in [5, 5.41) is 4.30. The average Bonchev–Trinajstić information content (AvgIpc) is 3.52. The molecule has 6 nitrogen and oxygen atoms in total. The lowest BCUT2D eigenvalue weighted by Gasteiger charge is -2.36. The maximum absolute atomic E-state index is 13.4. The van der Waals surface area contributed by atoms with Crippen LogP contribution in [0.5, 0.6) is 5.75 Å². The molecule has 2 aliphatic rings. The predicted molar refractivity (Wildman–Crippen MR) is 123 cm³/mol. The van der Waals surface area contributed by atoms with Crippen LogP contribution < -0.4 is 4.74 Å². The van der Waals surface area contributed by atoms with Gasteiger partial charge in [0.15, 0.2) is 5.76 Å². The van der Waals surface area contributed by atoms with Crippen LogP contribution in [0.25, 0.3) is 11.3 Å². The van der Waals surface area contributed by atoms with E-state index in [0.717, 1.165) is 69.0 Å². The number of carbonyl (C=O) groups excluding carboxylic acids is 1. The highest BCUT2D eigenvalue weighted by Gasteiger charge is 2.55. The average molecular weight is 432 g/mol. The van der Waals surface area contributed by atoms with Gasteiger partial charge in [0.05, 0.1) is 18.2 Å². The number of carbonyl (C=O) groups is 1. The van der Waals surface area contributed by atoms with Crippen LogP contribution in [-0.4, -0.2) is 60.7 Å². The van der Waals surface area contributed by atoms with E-state index in [1.807, 2.05) is 35.2 Å². The van der Waals surface area contributed by atoms with Crippen LogP contribution in [0.2, 0.25) is 0 Å². The Balaban J connectivity index is 1.20. The van der Waals surface area contributed by atoms with Crippen LogP contribution in [-0.2, 0) is 16.6 Å². The minimum Gasteiger partial charge on any atom is -0.497 e. The molecule has 2 fully saturated rings. The molecule has 3 aromatic rings. The Bertz CT molecular complexity index is 1070. The Morgan fingerprint density at radius 1 is 1.03 bits per heavy atom. The van der Waals surface area contributed by atoms with Crippen molar-refractivity contribution in [3.05, 3.63) is 71.9 Å². The van der Waals surface area contributed by atoms with Crippen molar-refractivity contribution >= 4 is 5.91 Å². The van der Waals surface area contributed by atoms with Crippen molar-refractivity contribution in [3.63, 3.8) is 0 Å². The highest BCUT2D eigenvalue weighted by atomic mass is 16.5. The number of nitrogens with zero attached hydrogens (tertiary/aromatic N) is 3. The molecule has 5 rings (SSSR count). The van der Waals surface area contributed by atoms with Gasteiger partial charge in [-0.3, -0.25) is 9.69 Å².